The SMILES string of the molecule is CCCCCCc1c[nH]c2ccc(Oc3c(C)cc(OCC(=O)O)cc3Br)cc12. The molecule has 0 atom stereocenters. The summed E-state index contributed by atoms with van der Waals surface area (Å²) in [4.78, 5) is 14.0. The Morgan fingerprint density at radius 3 is 2.69 bits per heavy atom. The number of aromatic nitrogens is 1. The van der Waals surface area contributed by atoms with Gasteiger partial charge in [0.05, 0.1) is 4.47 Å². The first-order valence-corrected chi connectivity index (χ1v) is 10.7. The fourth-order valence-electron chi connectivity index (χ4n) is 3.34. The highest BCUT2D eigenvalue weighted by Gasteiger charge is 2.12. The quantitative estimate of drug-likeness (QED) is 0.334. The van der Waals surface area contributed by atoms with Crippen molar-refractivity contribution in [1.29, 1.82) is 0 Å². The second-order valence-electron chi connectivity index (χ2n) is 7.17. The maximum atomic E-state index is 10.7. The second-order valence-corrected chi connectivity index (χ2v) is 8.02. The number of halogens is 1. The van der Waals surface area contributed by atoms with Gasteiger partial charge in [-0.25, -0.2) is 4.79 Å². The lowest BCUT2D eigenvalue weighted by Crippen LogP contribution is -2.09. The van der Waals surface area contributed by atoms with Gasteiger partial charge in [0.2, 0.25) is 0 Å². The van der Waals surface area contributed by atoms with E-state index in [2.05, 4.69) is 40.1 Å². The first kappa shape index (κ1) is 21.2. The smallest absolute Gasteiger partial charge is 0.341 e. The minimum absolute atomic E-state index is 0.378. The average Bonchev–Trinajstić information content (AvgIpc) is 3.09. The first-order valence-electron chi connectivity index (χ1n) is 9.90. The Kier molecular flexibility index (Phi) is 7.20. The molecule has 0 spiro atoms. The van der Waals surface area contributed by atoms with Crippen molar-refractivity contribution in [3.05, 3.63) is 52.1 Å². The molecular formula is C23H26BrNO4. The topological polar surface area (TPSA) is 71.5 Å². The molecule has 0 saturated carbocycles. The Morgan fingerprint density at radius 2 is 1.97 bits per heavy atom. The van der Waals surface area contributed by atoms with Crippen molar-refractivity contribution in [3.63, 3.8) is 0 Å². The Morgan fingerprint density at radius 1 is 1.14 bits per heavy atom. The Bertz CT molecular complexity index is 973. The largest absolute Gasteiger partial charge is 0.482 e. The lowest BCUT2D eigenvalue weighted by molar-refractivity contribution is -0.139. The normalized spacial score (nSPS) is 11.0. The van der Waals surface area contributed by atoms with Gasteiger partial charge in [0, 0.05) is 17.1 Å². The number of fused-ring (bicyclic) bond motifs is 1. The van der Waals surface area contributed by atoms with Crippen LogP contribution >= 0.6 is 15.9 Å². The molecule has 1 aromatic heterocycles. The molecule has 2 N–H and O–H groups in total. The third kappa shape index (κ3) is 5.54. The van der Waals surface area contributed by atoms with Gasteiger partial charge in [-0.3, -0.25) is 0 Å². The highest BCUT2D eigenvalue weighted by molar-refractivity contribution is 9.10. The molecule has 6 heteroatoms. The van der Waals surface area contributed by atoms with E-state index in [1.54, 1.807) is 12.1 Å². The molecule has 0 radical (unpaired) electrons. The Labute approximate surface area is 179 Å². The third-order valence-electron chi connectivity index (χ3n) is 4.82. The number of nitrogens with one attached hydrogen (secondary N) is 1. The molecule has 1 heterocycles. The van der Waals surface area contributed by atoms with Gasteiger partial charge in [-0.1, -0.05) is 26.2 Å². The molecule has 2 aromatic carbocycles. The third-order valence-corrected chi connectivity index (χ3v) is 5.41. The van der Waals surface area contributed by atoms with Crippen molar-refractivity contribution < 1.29 is 19.4 Å². The van der Waals surface area contributed by atoms with Gasteiger partial charge in [-0.2, -0.15) is 0 Å². The molecule has 3 aromatic rings. The minimum atomic E-state index is -1.01. The van der Waals surface area contributed by atoms with Crippen LogP contribution < -0.4 is 9.47 Å². The summed E-state index contributed by atoms with van der Waals surface area (Å²) < 4.78 is 12.1. The number of carboxylic acids is 1. The summed E-state index contributed by atoms with van der Waals surface area (Å²) in [6.07, 6.45) is 8.10. The molecule has 3 rings (SSSR count). The molecule has 0 aliphatic carbocycles. The number of carbonyl (C=O) groups is 1. The van der Waals surface area contributed by atoms with Crippen LogP contribution in [0.1, 0.15) is 43.7 Å². The number of aryl methyl sites for hydroxylation is 2. The van der Waals surface area contributed by atoms with Crippen LogP contribution in [0.25, 0.3) is 10.9 Å². The Hall–Kier alpha value is -2.47. The second kappa shape index (κ2) is 9.83. The molecule has 154 valence electrons. The predicted octanol–water partition coefficient (Wildman–Crippen LogP) is 6.62. The number of H-pyrrole nitrogens is 1. The molecule has 0 amide bonds. The van der Waals surface area contributed by atoms with E-state index in [4.69, 9.17) is 14.6 Å². The van der Waals surface area contributed by atoms with Crippen LogP contribution in [-0.2, 0) is 11.2 Å². The monoisotopic (exact) mass is 459 g/mol. The van der Waals surface area contributed by atoms with E-state index < -0.39 is 5.97 Å². The zero-order valence-corrected chi connectivity index (χ0v) is 18.3. The van der Waals surface area contributed by atoms with Gasteiger partial charge in [0.1, 0.15) is 17.2 Å². The van der Waals surface area contributed by atoms with Crippen LogP contribution in [0.2, 0.25) is 0 Å². The van der Waals surface area contributed by atoms with Gasteiger partial charge >= 0.3 is 5.97 Å². The molecule has 0 saturated heterocycles. The molecule has 0 fully saturated rings. The van der Waals surface area contributed by atoms with E-state index in [9.17, 15) is 4.79 Å². The molecular weight excluding hydrogens is 434 g/mol. The summed E-state index contributed by atoms with van der Waals surface area (Å²) in [6, 6.07) is 9.55. The van der Waals surface area contributed by atoms with E-state index >= 15 is 0 Å². The highest BCUT2D eigenvalue weighted by Crippen LogP contribution is 2.37. The number of hydrogen-bond acceptors (Lipinski definition) is 3. The number of rotatable bonds is 10. The molecule has 0 unspecified atom stereocenters. The van der Waals surface area contributed by atoms with E-state index in [1.165, 1.54) is 36.6 Å². The summed E-state index contributed by atoms with van der Waals surface area (Å²) in [5.74, 6) is 0.922. The van der Waals surface area contributed by atoms with Gasteiger partial charge in [0.25, 0.3) is 0 Å². The first-order chi connectivity index (χ1) is 14.0. The molecule has 29 heavy (non-hydrogen) atoms. The van der Waals surface area contributed by atoms with Crippen LogP contribution in [0.15, 0.2) is 41.0 Å². The summed E-state index contributed by atoms with van der Waals surface area (Å²) in [6.45, 7) is 3.75. The lowest BCUT2D eigenvalue weighted by atomic mass is 10.1. The number of ether oxygens (including phenoxy) is 2. The van der Waals surface area contributed by atoms with E-state index in [0.29, 0.717) is 16.0 Å². The van der Waals surface area contributed by atoms with Crippen molar-refractivity contribution in [2.45, 2.75) is 46.0 Å². The number of benzene rings is 2. The fourth-order valence-corrected chi connectivity index (χ4v) is 3.96. The Balaban J connectivity index is 1.78. The summed E-state index contributed by atoms with van der Waals surface area (Å²) in [5, 5.41) is 9.96. The van der Waals surface area contributed by atoms with Gasteiger partial charge < -0.3 is 19.6 Å². The highest BCUT2D eigenvalue weighted by atomic mass is 79.9. The number of aliphatic carboxylic acids is 1. The number of carboxylic acid groups (broad SMARTS) is 1. The number of unbranched alkanes of at least 4 members (excludes halogenated alkanes) is 3. The van der Waals surface area contributed by atoms with Crippen molar-refractivity contribution in [2.75, 3.05) is 6.61 Å². The predicted molar refractivity (Wildman–Crippen MR) is 118 cm³/mol. The zero-order valence-electron chi connectivity index (χ0n) is 16.8. The lowest BCUT2D eigenvalue weighted by Gasteiger charge is -2.13. The molecule has 5 nitrogen and oxygen atoms in total. The number of aromatic amines is 1. The van der Waals surface area contributed by atoms with Crippen molar-refractivity contribution in [1.82, 2.24) is 4.98 Å². The van der Waals surface area contributed by atoms with Gasteiger partial charge in [-0.05, 0) is 77.2 Å². The van der Waals surface area contributed by atoms with Crippen molar-refractivity contribution >= 4 is 32.8 Å². The van der Waals surface area contributed by atoms with E-state index in [-0.39, 0.29) is 6.61 Å². The summed E-state index contributed by atoms with van der Waals surface area (Å²) in [5.41, 5.74) is 3.28. The standard InChI is InChI=1S/C23H26BrNO4/c1-3-4-5-6-7-16-13-25-21-9-8-17(11-19(16)21)29-23-15(2)10-18(12-20(23)24)28-14-22(26)27/h8-13,25H,3-7,14H2,1-2H3,(H,26,27). The van der Waals surface area contributed by atoms with Crippen LogP contribution in [0, 0.1) is 6.92 Å². The van der Waals surface area contributed by atoms with Gasteiger partial charge in [-0.15, -0.1) is 0 Å². The zero-order chi connectivity index (χ0) is 20.8. The van der Waals surface area contributed by atoms with Crippen LogP contribution in [-0.4, -0.2) is 22.7 Å². The maximum absolute atomic E-state index is 10.7. The van der Waals surface area contributed by atoms with Crippen LogP contribution in [0.4, 0.5) is 0 Å². The fraction of sp³-hybridized carbons (Fsp3) is 0.348. The van der Waals surface area contributed by atoms with E-state index in [0.717, 1.165) is 23.3 Å². The minimum Gasteiger partial charge on any atom is -0.482 e. The summed E-state index contributed by atoms with van der Waals surface area (Å²) in [7, 11) is 0. The molecule has 0 aliphatic heterocycles. The van der Waals surface area contributed by atoms with Crippen LogP contribution in [0.3, 0.4) is 0 Å². The van der Waals surface area contributed by atoms with Crippen molar-refractivity contribution in [2.24, 2.45) is 0 Å². The molecule has 0 aliphatic rings. The van der Waals surface area contributed by atoms with Crippen LogP contribution in [0.5, 0.6) is 17.2 Å². The van der Waals surface area contributed by atoms with E-state index in [1.807, 2.05) is 19.1 Å². The molecule has 0 bridgehead atoms. The van der Waals surface area contributed by atoms with Gasteiger partial charge in [0.15, 0.2) is 6.61 Å². The summed E-state index contributed by atoms with van der Waals surface area (Å²) >= 11 is 3.51. The van der Waals surface area contributed by atoms with Crippen molar-refractivity contribution in [3.8, 4) is 17.2 Å². The average molecular weight is 460 g/mol. The maximum Gasteiger partial charge on any atom is 0.341 e. The number of hydrogen-bond donors (Lipinski definition) is 2.